The third-order valence-electron chi connectivity index (χ3n) is 5.91. The van der Waals surface area contributed by atoms with Gasteiger partial charge in [0.1, 0.15) is 11.6 Å². The van der Waals surface area contributed by atoms with Gasteiger partial charge in [-0.1, -0.05) is 38.1 Å². The third kappa shape index (κ3) is 8.02. The van der Waals surface area contributed by atoms with E-state index < -0.39 is 6.03 Å². The molecule has 1 aliphatic heterocycles. The van der Waals surface area contributed by atoms with Crippen LogP contribution in [0.15, 0.2) is 47.1 Å². The van der Waals surface area contributed by atoms with Crippen molar-refractivity contribution in [2.45, 2.75) is 32.6 Å². The number of ether oxygens (including phenoxy) is 2. The highest BCUT2D eigenvalue weighted by Gasteiger charge is 2.20. The van der Waals surface area contributed by atoms with E-state index in [-0.39, 0.29) is 11.3 Å². The molecule has 3 heterocycles. The molecule has 38 heavy (non-hydrogen) atoms. The van der Waals surface area contributed by atoms with Crippen molar-refractivity contribution in [2.75, 3.05) is 50.1 Å². The first kappa shape index (κ1) is 27.1. The average Bonchev–Trinajstić information content (AvgIpc) is 3.56. The molecule has 1 aliphatic rings. The predicted octanol–water partition coefficient (Wildman–Crippen LogP) is 4.74. The van der Waals surface area contributed by atoms with Crippen LogP contribution < -0.4 is 10.6 Å². The van der Waals surface area contributed by atoms with E-state index in [1.54, 1.807) is 36.5 Å². The SMILES string of the molecule is CC(C)(C)c1cc(NC(=O)Nc2ccc(-c3cnc(/C=C\C(=N)OCCCN4CCOCC4)[nH]3)cc2)no1. The maximum Gasteiger partial charge on any atom is 0.324 e. The largest absolute Gasteiger partial charge is 0.478 e. The van der Waals surface area contributed by atoms with Crippen molar-refractivity contribution in [3.05, 3.63) is 54.2 Å². The van der Waals surface area contributed by atoms with Crippen molar-refractivity contribution >= 4 is 29.5 Å². The molecule has 4 N–H and O–H groups in total. The van der Waals surface area contributed by atoms with E-state index in [0.29, 0.717) is 29.7 Å². The Morgan fingerprint density at radius 2 is 1.97 bits per heavy atom. The lowest BCUT2D eigenvalue weighted by molar-refractivity contribution is 0.0356. The van der Waals surface area contributed by atoms with Crippen LogP contribution in [0.3, 0.4) is 0 Å². The molecule has 11 nitrogen and oxygen atoms in total. The molecule has 2 amide bonds. The van der Waals surface area contributed by atoms with Crippen LogP contribution in [0, 0.1) is 5.41 Å². The maximum absolute atomic E-state index is 12.3. The Labute approximate surface area is 222 Å². The highest BCUT2D eigenvalue weighted by molar-refractivity contribution is 5.99. The zero-order valence-electron chi connectivity index (χ0n) is 22.0. The number of benzene rings is 1. The molecule has 0 aliphatic carbocycles. The molecule has 0 radical (unpaired) electrons. The Bertz CT molecular complexity index is 1230. The summed E-state index contributed by atoms with van der Waals surface area (Å²) in [6.07, 6.45) is 5.89. The molecule has 1 fully saturated rings. The Morgan fingerprint density at radius 1 is 1.21 bits per heavy atom. The molecular formula is C27H35N7O4. The number of hydrogen-bond acceptors (Lipinski definition) is 8. The molecule has 0 saturated carbocycles. The summed E-state index contributed by atoms with van der Waals surface area (Å²) in [7, 11) is 0. The van der Waals surface area contributed by atoms with Gasteiger partial charge in [0.15, 0.2) is 5.82 Å². The van der Waals surface area contributed by atoms with E-state index in [0.717, 1.165) is 50.5 Å². The first-order valence-corrected chi connectivity index (χ1v) is 12.7. The van der Waals surface area contributed by atoms with Gasteiger partial charge in [-0.2, -0.15) is 0 Å². The van der Waals surface area contributed by atoms with Crippen LogP contribution in [0.4, 0.5) is 16.3 Å². The number of anilines is 2. The van der Waals surface area contributed by atoms with E-state index in [2.05, 4.69) is 30.7 Å². The quantitative estimate of drug-likeness (QED) is 0.181. The van der Waals surface area contributed by atoms with Crippen LogP contribution in [0.2, 0.25) is 0 Å². The Morgan fingerprint density at radius 3 is 2.68 bits per heavy atom. The standard InChI is InChI=1S/C27H35N7O4/c1-27(2,3)22-17-25(33-38-22)32-26(35)30-20-7-5-19(6-8-20)21-18-29-24(31-21)10-9-23(28)37-14-4-11-34-12-15-36-16-13-34/h5-10,17-18,28H,4,11-16H2,1-3H3,(H,29,31)(H2,30,32,33,35)/b10-9-,28-23?. The van der Waals surface area contributed by atoms with Crippen molar-refractivity contribution in [3.8, 4) is 11.3 Å². The van der Waals surface area contributed by atoms with Gasteiger partial charge in [0, 0.05) is 42.9 Å². The monoisotopic (exact) mass is 521 g/mol. The van der Waals surface area contributed by atoms with Crippen molar-refractivity contribution in [1.29, 1.82) is 5.41 Å². The summed E-state index contributed by atoms with van der Waals surface area (Å²) in [4.78, 5) is 22.2. The van der Waals surface area contributed by atoms with Gasteiger partial charge in [-0.3, -0.25) is 15.6 Å². The number of hydrogen-bond donors (Lipinski definition) is 4. The fourth-order valence-corrected chi connectivity index (χ4v) is 3.77. The minimum atomic E-state index is -0.411. The third-order valence-corrected chi connectivity index (χ3v) is 5.91. The number of H-pyrrole nitrogens is 1. The topological polar surface area (TPSA) is 141 Å². The minimum absolute atomic E-state index is 0.0962. The average molecular weight is 522 g/mol. The van der Waals surface area contributed by atoms with E-state index in [1.165, 1.54) is 0 Å². The number of nitrogens with zero attached hydrogens (tertiary/aromatic N) is 3. The lowest BCUT2D eigenvalue weighted by Gasteiger charge is -2.26. The summed E-state index contributed by atoms with van der Waals surface area (Å²) in [6.45, 7) is 10.9. The fourth-order valence-electron chi connectivity index (χ4n) is 3.77. The molecule has 3 aromatic rings. The Balaban J connectivity index is 1.21. The Kier molecular flexibility index (Phi) is 8.93. The normalized spacial score (nSPS) is 14.5. The van der Waals surface area contributed by atoms with Crippen molar-refractivity contribution in [3.63, 3.8) is 0 Å². The van der Waals surface area contributed by atoms with Gasteiger partial charge in [-0.15, -0.1) is 0 Å². The minimum Gasteiger partial charge on any atom is -0.478 e. The van der Waals surface area contributed by atoms with E-state index in [4.69, 9.17) is 19.4 Å². The molecule has 0 spiro atoms. The van der Waals surface area contributed by atoms with Crippen LogP contribution in [0.25, 0.3) is 17.3 Å². The molecule has 1 aromatic carbocycles. The second kappa shape index (κ2) is 12.5. The highest BCUT2D eigenvalue weighted by atomic mass is 16.5. The summed E-state index contributed by atoms with van der Waals surface area (Å²) < 4.78 is 16.1. The van der Waals surface area contributed by atoms with Gasteiger partial charge in [-0.25, -0.2) is 9.78 Å². The number of carbonyl (C=O) groups is 1. The number of carbonyl (C=O) groups excluding carboxylic acids is 1. The van der Waals surface area contributed by atoms with Crippen molar-refractivity contribution in [1.82, 2.24) is 20.0 Å². The second-order valence-electron chi connectivity index (χ2n) is 10.0. The summed E-state index contributed by atoms with van der Waals surface area (Å²) >= 11 is 0. The zero-order chi connectivity index (χ0) is 27.0. The summed E-state index contributed by atoms with van der Waals surface area (Å²) in [5.74, 6) is 1.76. The number of urea groups is 1. The number of nitrogens with one attached hydrogen (secondary N) is 4. The number of amides is 2. The van der Waals surface area contributed by atoms with E-state index in [1.807, 2.05) is 32.9 Å². The number of aromatic amines is 1. The molecule has 202 valence electrons. The van der Waals surface area contributed by atoms with Gasteiger partial charge in [0.05, 0.1) is 31.7 Å². The number of rotatable bonds is 9. The molecule has 0 bridgehead atoms. The molecule has 11 heteroatoms. The first-order chi connectivity index (χ1) is 18.3. The summed E-state index contributed by atoms with van der Waals surface area (Å²) in [5.41, 5.74) is 2.16. The van der Waals surface area contributed by atoms with Crippen molar-refractivity contribution < 1.29 is 18.8 Å². The van der Waals surface area contributed by atoms with Crippen LogP contribution in [-0.2, 0) is 14.9 Å². The molecule has 1 saturated heterocycles. The predicted molar refractivity (Wildman–Crippen MR) is 146 cm³/mol. The van der Waals surface area contributed by atoms with Gasteiger partial charge in [-0.05, 0) is 30.2 Å². The molecule has 0 unspecified atom stereocenters. The fraction of sp³-hybridized carbons (Fsp3) is 0.407. The number of imidazole rings is 1. The van der Waals surface area contributed by atoms with Gasteiger partial charge in [0.2, 0.25) is 5.90 Å². The van der Waals surface area contributed by atoms with Gasteiger partial charge < -0.3 is 24.3 Å². The summed E-state index contributed by atoms with van der Waals surface area (Å²) in [6, 6.07) is 8.66. The second-order valence-corrected chi connectivity index (χ2v) is 10.0. The lowest BCUT2D eigenvalue weighted by Crippen LogP contribution is -2.37. The van der Waals surface area contributed by atoms with Crippen LogP contribution in [0.5, 0.6) is 0 Å². The molecule has 4 rings (SSSR count). The Hall–Kier alpha value is -3.96. The number of aromatic nitrogens is 3. The van der Waals surface area contributed by atoms with E-state index in [9.17, 15) is 4.79 Å². The van der Waals surface area contributed by atoms with Gasteiger partial charge in [0.25, 0.3) is 0 Å². The highest BCUT2D eigenvalue weighted by Crippen LogP contribution is 2.25. The molecular weight excluding hydrogens is 486 g/mol. The zero-order valence-corrected chi connectivity index (χ0v) is 22.0. The van der Waals surface area contributed by atoms with Gasteiger partial charge >= 0.3 is 6.03 Å². The van der Waals surface area contributed by atoms with Crippen LogP contribution in [0.1, 0.15) is 38.8 Å². The first-order valence-electron chi connectivity index (χ1n) is 12.7. The number of morpholine rings is 1. The lowest BCUT2D eigenvalue weighted by atomic mass is 9.93. The molecule has 2 aromatic heterocycles. The van der Waals surface area contributed by atoms with Crippen molar-refractivity contribution in [2.24, 2.45) is 0 Å². The van der Waals surface area contributed by atoms with E-state index >= 15 is 0 Å². The smallest absolute Gasteiger partial charge is 0.324 e. The van der Waals surface area contributed by atoms with Crippen LogP contribution >= 0.6 is 0 Å². The molecule has 0 atom stereocenters. The summed E-state index contributed by atoms with van der Waals surface area (Å²) in [5, 5.41) is 17.3. The maximum atomic E-state index is 12.3. The van der Waals surface area contributed by atoms with Crippen LogP contribution in [-0.4, -0.2) is 71.4 Å².